The Morgan fingerprint density at radius 3 is 2.67 bits per heavy atom. The number of hydrogen-bond donors (Lipinski definition) is 1. The third-order valence-electron chi connectivity index (χ3n) is 5.76. The molecule has 0 saturated carbocycles. The highest BCUT2D eigenvalue weighted by Crippen LogP contribution is 2.15. The molecule has 4 rings (SSSR count). The predicted molar refractivity (Wildman–Crippen MR) is 118 cm³/mol. The molecule has 2 aromatic heterocycles. The van der Waals surface area contributed by atoms with Gasteiger partial charge in [0.25, 0.3) is 0 Å². The van der Waals surface area contributed by atoms with Crippen LogP contribution in [0.4, 0.5) is 5.95 Å². The van der Waals surface area contributed by atoms with Gasteiger partial charge in [-0.05, 0) is 32.3 Å². The molecule has 0 amide bonds. The molecule has 1 N–H and O–H groups in total. The number of aliphatic imine (C=N–C) groups is 1. The summed E-state index contributed by atoms with van der Waals surface area (Å²) in [7, 11) is 0. The average molecular weight is 412 g/mol. The highest BCUT2D eigenvalue weighted by Gasteiger charge is 2.21. The first-order valence-corrected chi connectivity index (χ1v) is 11.3. The fraction of sp³-hybridized carbons (Fsp3) is 0.667. The zero-order valence-electron chi connectivity index (χ0n) is 18.0. The molecule has 0 spiro atoms. The highest BCUT2D eigenvalue weighted by atomic mass is 15.4. The summed E-state index contributed by atoms with van der Waals surface area (Å²) in [4.78, 5) is 18.2. The molecule has 162 valence electrons. The van der Waals surface area contributed by atoms with Crippen molar-refractivity contribution in [3.8, 4) is 0 Å². The molecule has 0 bridgehead atoms. The number of hydrogen-bond acceptors (Lipinski definition) is 6. The second-order valence-electron chi connectivity index (χ2n) is 7.86. The van der Waals surface area contributed by atoms with Crippen LogP contribution in [0.2, 0.25) is 0 Å². The maximum Gasteiger partial charge on any atom is 0.225 e. The Labute approximate surface area is 178 Å². The summed E-state index contributed by atoms with van der Waals surface area (Å²) in [5.41, 5.74) is 0. The van der Waals surface area contributed by atoms with E-state index >= 15 is 0 Å². The molecule has 0 aliphatic carbocycles. The Kier molecular flexibility index (Phi) is 7.10. The van der Waals surface area contributed by atoms with Gasteiger partial charge in [-0.3, -0.25) is 4.99 Å². The predicted octanol–water partition coefficient (Wildman–Crippen LogP) is 1.51. The second-order valence-corrected chi connectivity index (χ2v) is 7.86. The third-order valence-corrected chi connectivity index (χ3v) is 5.76. The lowest BCUT2D eigenvalue weighted by Crippen LogP contribution is -2.53. The summed E-state index contributed by atoms with van der Waals surface area (Å²) in [5.74, 6) is 4.11. The molecule has 1 saturated heterocycles. The normalized spacial score (nSPS) is 17.6. The van der Waals surface area contributed by atoms with E-state index < -0.39 is 0 Å². The van der Waals surface area contributed by atoms with E-state index in [1.807, 2.05) is 6.07 Å². The van der Waals surface area contributed by atoms with Crippen molar-refractivity contribution in [1.82, 2.24) is 34.9 Å². The van der Waals surface area contributed by atoms with Gasteiger partial charge in [0.05, 0.1) is 0 Å². The third kappa shape index (κ3) is 5.06. The van der Waals surface area contributed by atoms with Crippen LogP contribution in [0.25, 0.3) is 0 Å². The molecule has 30 heavy (non-hydrogen) atoms. The van der Waals surface area contributed by atoms with Crippen molar-refractivity contribution < 1.29 is 0 Å². The van der Waals surface area contributed by atoms with E-state index in [2.05, 4.69) is 46.8 Å². The lowest BCUT2D eigenvalue weighted by Gasteiger charge is -2.36. The van der Waals surface area contributed by atoms with Crippen molar-refractivity contribution in [3.63, 3.8) is 0 Å². The molecule has 0 unspecified atom stereocenters. The maximum atomic E-state index is 4.89. The van der Waals surface area contributed by atoms with Gasteiger partial charge in [-0.2, -0.15) is 0 Å². The van der Waals surface area contributed by atoms with Crippen LogP contribution in [-0.4, -0.2) is 74.9 Å². The van der Waals surface area contributed by atoms with Crippen LogP contribution >= 0.6 is 0 Å². The molecule has 0 atom stereocenters. The van der Waals surface area contributed by atoms with Gasteiger partial charge < -0.3 is 19.7 Å². The van der Waals surface area contributed by atoms with Gasteiger partial charge in [-0.25, -0.2) is 9.97 Å². The van der Waals surface area contributed by atoms with E-state index in [1.165, 1.54) is 25.1 Å². The van der Waals surface area contributed by atoms with E-state index in [-0.39, 0.29) is 0 Å². The Balaban J connectivity index is 1.29. The van der Waals surface area contributed by atoms with Gasteiger partial charge in [-0.1, -0.05) is 6.42 Å². The number of nitrogens with zero attached hydrogens (tertiary/aromatic N) is 8. The maximum absolute atomic E-state index is 4.89. The number of guanidine groups is 1. The van der Waals surface area contributed by atoms with Crippen LogP contribution in [-0.2, 0) is 19.4 Å². The molecule has 1 fully saturated rings. The number of fused-ring (bicyclic) bond motifs is 1. The largest absolute Gasteiger partial charge is 0.357 e. The Morgan fingerprint density at radius 2 is 1.87 bits per heavy atom. The van der Waals surface area contributed by atoms with Crippen molar-refractivity contribution in [3.05, 3.63) is 30.1 Å². The number of piperazine rings is 1. The lowest BCUT2D eigenvalue weighted by atomic mass is 10.2. The molecule has 2 aliphatic heterocycles. The van der Waals surface area contributed by atoms with Gasteiger partial charge >= 0.3 is 0 Å². The minimum absolute atomic E-state index is 0.798. The Morgan fingerprint density at radius 1 is 1.03 bits per heavy atom. The van der Waals surface area contributed by atoms with Gasteiger partial charge in [-0.15, -0.1) is 10.2 Å². The average Bonchev–Trinajstić information content (AvgIpc) is 3.02. The van der Waals surface area contributed by atoms with Crippen molar-refractivity contribution in [1.29, 1.82) is 0 Å². The molecule has 0 radical (unpaired) electrons. The number of rotatable bonds is 6. The number of anilines is 1. The molecule has 9 heteroatoms. The minimum Gasteiger partial charge on any atom is -0.357 e. The van der Waals surface area contributed by atoms with Crippen LogP contribution in [0.3, 0.4) is 0 Å². The molecule has 4 heterocycles. The van der Waals surface area contributed by atoms with Crippen LogP contribution < -0.4 is 10.2 Å². The molecular weight excluding hydrogens is 378 g/mol. The fourth-order valence-electron chi connectivity index (χ4n) is 4.15. The van der Waals surface area contributed by atoms with E-state index in [0.717, 1.165) is 82.8 Å². The number of nitrogens with one attached hydrogen (secondary N) is 1. The molecule has 0 aromatic carbocycles. The van der Waals surface area contributed by atoms with Gasteiger partial charge in [0, 0.05) is 71.0 Å². The summed E-state index contributed by atoms with van der Waals surface area (Å²) in [6.07, 6.45) is 10.4. The fourth-order valence-corrected chi connectivity index (χ4v) is 4.15. The topological polar surface area (TPSA) is 87.4 Å². The highest BCUT2D eigenvalue weighted by molar-refractivity contribution is 5.80. The summed E-state index contributed by atoms with van der Waals surface area (Å²) in [5, 5.41) is 12.3. The zero-order chi connectivity index (χ0) is 20.6. The van der Waals surface area contributed by atoms with Crippen LogP contribution in [0.1, 0.15) is 44.3 Å². The number of aromatic nitrogens is 5. The first kappa shape index (κ1) is 20.6. The second kappa shape index (κ2) is 10.4. The zero-order valence-corrected chi connectivity index (χ0v) is 18.0. The Hall–Kier alpha value is -2.71. The summed E-state index contributed by atoms with van der Waals surface area (Å²) < 4.78 is 2.34. The minimum atomic E-state index is 0.798. The number of aryl methyl sites for hydroxylation is 2. The molecular formula is C21H33N9. The lowest BCUT2D eigenvalue weighted by molar-refractivity contribution is 0.370. The summed E-state index contributed by atoms with van der Waals surface area (Å²) in [6.45, 7) is 8.50. The molecule has 2 aromatic rings. The van der Waals surface area contributed by atoms with Gasteiger partial charge in [0.1, 0.15) is 11.6 Å². The quantitative estimate of drug-likeness (QED) is 0.438. The van der Waals surface area contributed by atoms with Crippen molar-refractivity contribution in [2.24, 2.45) is 4.99 Å². The van der Waals surface area contributed by atoms with Crippen molar-refractivity contribution in [2.75, 3.05) is 44.2 Å². The van der Waals surface area contributed by atoms with Gasteiger partial charge in [0.15, 0.2) is 5.96 Å². The SMILES string of the molecule is CCNC(=NCCCc1nnc2n1CCCCC2)N1CCN(c2ncccn2)CC1. The standard InChI is InChI=1S/C21H33N9/c1-2-22-20(28-14-16-29(17-15-28)21-24-11-7-12-25-21)23-10-6-9-19-27-26-18-8-4-3-5-13-30(18)19/h7,11-12H,2-6,8-10,13-17H2,1H3,(H,22,23). The van der Waals surface area contributed by atoms with Gasteiger partial charge in [0.2, 0.25) is 5.95 Å². The van der Waals surface area contributed by atoms with E-state index in [1.54, 1.807) is 12.4 Å². The van der Waals surface area contributed by atoms with E-state index in [9.17, 15) is 0 Å². The summed E-state index contributed by atoms with van der Waals surface area (Å²) >= 11 is 0. The van der Waals surface area contributed by atoms with Crippen LogP contribution in [0.5, 0.6) is 0 Å². The van der Waals surface area contributed by atoms with Crippen molar-refractivity contribution in [2.45, 2.75) is 52.0 Å². The monoisotopic (exact) mass is 411 g/mol. The first-order chi connectivity index (χ1) is 14.8. The Bertz CT molecular complexity index is 809. The van der Waals surface area contributed by atoms with Crippen LogP contribution in [0.15, 0.2) is 23.5 Å². The molecule has 9 nitrogen and oxygen atoms in total. The van der Waals surface area contributed by atoms with Crippen molar-refractivity contribution >= 4 is 11.9 Å². The smallest absolute Gasteiger partial charge is 0.225 e. The summed E-state index contributed by atoms with van der Waals surface area (Å²) in [6, 6.07) is 1.85. The van der Waals surface area contributed by atoms with Crippen LogP contribution in [0, 0.1) is 0 Å². The van der Waals surface area contributed by atoms with E-state index in [4.69, 9.17) is 4.99 Å². The first-order valence-electron chi connectivity index (χ1n) is 11.3. The molecule has 2 aliphatic rings. The van der Waals surface area contributed by atoms with E-state index in [0.29, 0.717) is 0 Å².